The van der Waals surface area contributed by atoms with Gasteiger partial charge < -0.3 is 10.6 Å². The fourth-order valence-electron chi connectivity index (χ4n) is 4.83. The van der Waals surface area contributed by atoms with Gasteiger partial charge in [-0.25, -0.2) is 0 Å². The maximum atomic E-state index is 6.61. The predicted octanol–water partition coefficient (Wildman–Crippen LogP) is 4.20. The molecule has 4 rings (SSSR count). The fraction of sp³-hybridized carbons (Fsp3) is 0.500. The van der Waals surface area contributed by atoms with Gasteiger partial charge in [0, 0.05) is 48.0 Å². The minimum Gasteiger partial charge on any atom is -0.367 e. The second-order valence-corrected chi connectivity index (χ2v) is 8.25. The minimum atomic E-state index is -0.0442. The van der Waals surface area contributed by atoms with E-state index < -0.39 is 0 Å². The van der Waals surface area contributed by atoms with Gasteiger partial charge in [-0.15, -0.1) is 0 Å². The summed E-state index contributed by atoms with van der Waals surface area (Å²) in [6, 6.07) is 13.8. The number of hydrogen-bond acceptors (Lipinski definition) is 3. The lowest BCUT2D eigenvalue weighted by Crippen LogP contribution is -2.39. The summed E-state index contributed by atoms with van der Waals surface area (Å²) >= 11 is 0. The standard InChI is InChI=1S/C22H29N3/c1-16-8-9-21-18(14-16)19-15-22(2,23)11-5-7-20(19)25(21)13-10-17-6-3-4-12-24-17/h3-4,6,8-9,12,14,19-20H,5,7,10-11,13,15,23H2,1-2H3/t19-,20?,22?/m0/s1. The molecule has 1 aromatic carbocycles. The molecule has 0 spiro atoms. The van der Waals surface area contributed by atoms with Crippen LogP contribution in [0, 0.1) is 6.92 Å². The summed E-state index contributed by atoms with van der Waals surface area (Å²) in [5, 5.41) is 0. The maximum Gasteiger partial charge on any atom is 0.0421 e. The molecule has 2 aliphatic rings. The second-order valence-electron chi connectivity index (χ2n) is 8.25. The van der Waals surface area contributed by atoms with E-state index in [4.69, 9.17) is 5.73 Å². The Labute approximate surface area is 151 Å². The van der Waals surface area contributed by atoms with Crippen molar-refractivity contribution in [3.63, 3.8) is 0 Å². The van der Waals surface area contributed by atoms with Crippen LogP contribution in [0.2, 0.25) is 0 Å². The molecule has 3 nitrogen and oxygen atoms in total. The average Bonchev–Trinajstić information content (AvgIpc) is 2.75. The smallest absolute Gasteiger partial charge is 0.0421 e. The summed E-state index contributed by atoms with van der Waals surface area (Å²) in [5.41, 5.74) is 12.0. The van der Waals surface area contributed by atoms with Gasteiger partial charge in [-0.2, -0.15) is 0 Å². The SMILES string of the molecule is Cc1ccc2c(c1)[C@@H]1CC(C)(N)CCCC1N2CCc1ccccn1. The third kappa shape index (κ3) is 3.30. The van der Waals surface area contributed by atoms with Crippen molar-refractivity contribution in [3.8, 4) is 0 Å². The molecule has 3 heteroatoms. The first-order valence-corrected chi connectivity index (χ1v) is 9.59. The van der Waals surface area contributed by atoms with Crippen LogP contribution >= 0.6 is 0 Å². The Bertz CT molecular complexity index is 738. The number of fused-ring (bicyclic) bond motifs is 3. The molecule has 2 N–H and O–H groups in total. The maximum absolute atomic E-state index is 6.61. The molecular weight excluding hydrogens is 306 g/mol. The Hall–Kier alpha value is -1.87. The quantitative estimate of drug-likeness (QED) is 0.914. The number of nitrogens with zero attached hydrogens (tertiary/aromatic N) is 2. The highest BCUT2D eigenvalue weighted by Crippen LogP contribution is 2.48. The van der Waals surface area contributed by atoms with Gasteiger partial charge in [-0.05, 0) is 63.3 Å². The summed E-state index contributed by atoms with van der Waals surface area (Å²) in [6.45, 7) is 5.47. The van der Waals surface area contributed by atoms with Gasteiger partial charge in [0.15, 0.2) is 0 Å². The second kappa shape index (κ2) is 6.45. The van der Waals surface area contributed by atoms with Gasteiger partial charge in [-0.1, -0.05) is 23.8 Å². The van der Waals surface area contributed by atoms with Crippen LogP contribution in [0.1, 0.15) is 55.3 Å². The summed E-state index contributed by atoms with van der Waals surface area (Å²) in [4.78, 5) is 7.16. The Morgan fingerprint density at radius 2 is 2.16 bits per heavy atom. The first kappa shape index (κ1) is 16.6. The number of rotatable bonds is 3. The van der Waals surface area contributed by atoms with Crippen molar-refractivity contribution in [1.29, 1.82) is 0 Å². The van der Waals surface area contributed by atoms with Gasteiger partial charge in [0.1, 0.15) is 0 Å². The molecular formula is C22H29N3. The van der Waals surface area contributed by atoms with E-state index in [0.717, 1.165) is 25.8 Å². The number of anilines is 1. The number of aryl methyl sites for hydroxylation is 1. The van der Waals surface area contributed by atoms with Crippen LogP contribution < -0.4 is 10.6 Å². The van der Waals surface area contributed by atoms with Gasteiger partial charge in [0.2, 0.25) is 0 Å². The molecule has 25 heavy (non-hydrogen) atoms. The van der Waals surface area contributed by atoms with Crippen molar-refractivity contribution in [1.82, 2.24) is 4.98 Å². The van der Waals surface area contributed by atoms with Gasteiger partial charge in [0.05, 0.1) is 0 Å². The third-order valence-electron chi connectivity index (χ3n) is 6.03. The lowest BCUT2D eigenvalue weighted by Gasteiger charge is -2.30. The first-order valence-electron chi connectivity index (χ1n) is 9.59. The van der Waals surface area contributed by atoms with Gasteiger partial charge >= 0.3 is 0 Å². The normalized spacial score (nSPS) is 28.4. The van der Waals surface area contributed by atoms with Gasteiger partial charge in [0.25, 0.3) is 0 Å². The zero-order valence-corrected chi connectivity index (χ0v) is 15.4. The van der Waals surface area contributed by atoms with E-state index >= 15 is 0 Å². The summed E-state index contributed by atoms with van der Waals surface area (Å²) < 4.78 is 0. The summed E-state index contributed by atoms with van der Waals surface area (Å²) in [7, 11) is 0. The molecule has 1 saturated carbocycles. The zero-order valence-electron chi connectivity index (χ0n) is 15.4. The van der Waals surface area contributed by atoms with Crippen molar-refractivity contribution in [2.75, 3.05) is 11.4 Å². The lowest BCUT2D eigenvalue weighted by atomic mass is 9.83. The highest BCUT2D eigenvalue weighted by Gasteiger charge is 2.42. The highest BCUT2D eigenvalue weighted by atomic mass is 15.2. The Balaban J connectivity index is 1.64. The summed E-state index contributed by atoms with van der Waals surface area (Å²) in [5.74, 6) is 0.566. The molecule has 1 aromatic heterocycles. The summed E-state index contributed by atoms with van der Waals surface area (Å²) in [6.07, 6.45) is 7.58. The molecule has 1 aliphatic heterocycles. The molecule has 0 amide bonds. The van der Waals surface area contributed by atoms with Crippen molar-refractivity contribution in [2.45, 2.75) is 63.5 Å². The molecule has 1 fully saturated rings. The van der Waals surface area contributed by atoms with Crippen LogP contribution in [0.5, 0.6) is 0 Å². The lowest BCUT2D eigenvalue weighted by molar-refractivity contribution is 0.383. The number of aromatic nitrogens is 1. The fourth-order valence-corrected chi connectivity index (χ4v) is 4.83. The van der Waals surface area contributed by atoms with Crippen LogP contribution in [0.4, 0.5) is 5.69 Å². The molecule has 1 aliphatic carbocycles. The number of nitrogens with two attached hydrogens (primary N) is 1. The van der Waals surface area contributed by atoms with Crippen LogP contribution in [0.25, 0.3) is 0 Å². The molecule has 0 bridgehead atoms. The van der Waals surface area contributed by atoms with Crippen LogP contribution in [-0.2, 0) is 6.42 Å². The Morgan fingerprint density at radius 3 is 2.96 bits per heavy atom. The highest BCUT2D eigenvalue weighted by molar-refractivity contribution is 5.63. The topological polar surface area (TPSA) is 42.1 Å². The monoisotopic (exact) mass is 335 g/mol. The minimum absolute atomic E-state index is 0.0442. The van der Waals surface area contributed by atoms with Crippen molar-refractivity contribution >= 4 is 5.69 Å². The molecule has 3 atom stereocenters. The van der Waals surface area contributed by atoms with E-state index in [1.54, 1.807) is 0 Å². The number of benzene rings is 1. The predicted molar refractivity (Wildman–Crippen MR) is 104 cm³/mol. The number of hydrogen-bond donors (Lipinski definition) is 1. The van der Waals surface area contributed by atoms with Crippen LogP contribution in [0.15, 0.2) is 42.6 Å². The molecule has 0 radical (unpaired) electrons. The van der Waals surface area contributed by atoms with Crippen molar-refractivity contribution in [2.24, 2.45) is 5.73 Å². The molecule has 2 aromatic rings. The Kier molecular flexibility index (Phi) is 4.28. The van der Waals surface area contributed by atoms with Crippen LogP contribution in [0.3, 0.4) is 0 Å². The van der Waals surface area contributed by atoms with E-state index in [0.29, 0.717) is 12.0 Å². The van der Waals surface area contributed by atoms with E-state index in [2.05, 4.69) is 54.1 Å². The third-order valence-corrected chi connectivity index (χ3v) is 6.03. The average molecular weight is 335 g/mol. The van der Waals surface area contributed by atoms with Gasteiger partial charge in [-0.3, -0.25) is 4.98 Å². The van der Waals surface area contributed by atoms with Crippen molar-refractivity contribution in [3.05, 3.63) is 59.4 Å². The van der Waals surface area contributed by atoms with Crippen molar-refractivity contribution < 1.29 is 0 Å². The molecule has 0 saturated heterocycles. The van der Waals surface area contributed by atoms with E-state index in [1.807, 2.05) is 12.3 Å². The number of pyridine rings is 1. The van der Waals surface area contributed by atoms with Crippen LogP contribution in [-0.4, -0.2) is 23.1 Å². The molecule has 2 unspecified atom stereocenters. The first-order chi connectivity index (χ1) is 12.0. The van der Waals surface area contributed by atoms with E-state index in [9.17, 15) is 0 Å². The Morgan fingerprint density at radius 1 is 1.28 bits per heavy atom. The molecule has 2 heterocycles. The van der Waals surface area contributed by atoms with E-state index in [1.165, 1.54) is 35.3 Å². The molecule has 132 valence electrons. The largest absolute Gasteiger partial charge is 0.367 e. The zero-order chi connectivity index (χ0) is 17.4. The van der Waals surface area contributed by atoms with E-state index in [-0.39, 0.29) is 5.54 Å².